The number of carbonyl (C=O) groups is 1. The number of pyridine rings is 1. The van der Waals surface area contributed by atoms with E-state index in [0.29, 0.717) is 9.47 Å². The van der Waals surface area contributed by atoms with Gasteiger partial charge in [0.2, 0.25) is 0 Å². The second-order valence-electron chi connectivity index (χ2n) is 3.48. The summed E-state index contributed by atoms with van der Waals surface area (Å²) >= 11 is 6.93. The second-order valence-corrected chi connectivity index (χ2v) is 5.95. The first-order valence-electron chi connectivity index (χ1n) is 4.94. The number of hydrogen-bond donors (Lipinski definition) is 1. The lowest BCUT2D eigenvalue weighted by Crippen LogP contribution is -2.20. The standard InChI is InChI=1S/C10H4Br2F3N3OS/c11-5-3-16-20-9(5)18-8(19)4-1-2-6(12)17-7(4)10(13,14)15/h1-3H,(H,18,19). The summed E-state index contributed by atoms with van der Waals surface area (Å²) in [5.41, 5.74) is -1.80. The highest BCUT2D eigenvalue weighted by molar-refractivity contribution is 9.10. The fourth-order valence-electron chi connectivity index (χ4n) is 1.32. The molecule has 0 bridgehead atoms. The number of hydrogen-bond acceptors (Lipinski definition) is 4. The predicted molar refractivity (Wildman–Crippen MR) is 74.7 cm³/mol. The van der Waals surface area contributed by atoms with Crippen molar-refractivity contribution in [1.82, 2.24) is 9.36 Å². The molecule has 20 heavy (non-hydrogen) atoms. The Balaban J connectivity index is 2.37. The van der Waals surface area contributed by atoms with Crippen molar-refractivity contribution in [2.75, 3.05) is 5.32 Å². The van der Waals surface area contributed by atoms with E-state index in [9.17, 15) is 18.0 Å². The number of alkyl halides is 3. The SMILES string of the molecule is O=C(Nc1sncc1Br)c1ccc(Br)nc1C(F)(F)F. The number of nitrogens with one attached hydrogen (secondary N) is 1. The van der Waals surface area contributed by atoms with Crippen LogP contribution < -0.4 is 5.32 Å². The molecule has 2 aromatic heterocycles. The molecule has 2 heterocycles. The first-order chi connectivity index (χ1) is 9.29. The van der Waals surface area contributed by atoms with Gasteiger partial charge in [-0.25, -0.2) is 4.98 Å². The zero-order chi connectivity index (χ0) is 14.9. The molecule has 0 aliphatic carbocycles. The van der Waals surface area contributed by atoms with Crippen LogP contribution >= 0.6 is 43.4 Å². The lowest BCUT2D eigenvalue weighted by Gasteiger charge is -2.11. The maximum absolute atomic E-state index is 12.9. The Kier molecular flexibility index (Phi) is 4.45. The number of rotatable bonds is 2. The number of amides is 1. The Morgan fingerprint density at radius 1 is 1.30 bits per heavy atom. The summed E-state index contributed by atoms with van der Waals surface area (Å²) in [4.78, 5) is 15.3. The predicted octanol–water partition coefficient (Wildman–Crippen LogP) is 4.33. The van der Waals surface area contributed by atoms with Crippen LogP contribution in [0.2, 0.25) is 0 Å². The Labute approximate surface area is 131 Å². The van der Waals surface area contributed by atoms with Crippen LogP contribution in [-0.2, 0) is 6.18 Å². The van der Waals surface area contributed by atoms with Gasteiger partial charge >= 0.3 is 6.18 Å². The van der Waals surface area contributed by atoms with Crippen molar-refractivity contribution in [3.8, 4) is 0 Å². The molecule has 0 unspecified atom stereocenters. The van der Waals surface area contributed by atoms with E-state index >= 15 is 0 Å². The first-order valence-corrected chi connectivity index (χ1v) is 7.30. The molecule has 10 heteroatoms. The van der Waals surface area contributed by atoms with Gasteiger partial charge in [0.15, 0.2) is 5.69 Å². The van der Waals surface area contributed by atoms with E-state index in [2.05, 4.69) is 46.5 Å². The summed E-state index contributed by atoms with van der Waals surface area (Å²) < 4.78 is 42.9. The molecule has 1 N–H and O–H groups in total. The molecule has 0 atom stereocenters. The van der Waals surface area contributed by atoms with Crippen molar-refractivity contribution >= 4 is 54.3 Å². The Morgan fingerprint density at radius 2 is 2.00 bits per heavy atom. The number of halogens is 5. The van der Waals surface area contributed by atoms with Crippen LogP contribution in [0.4, 0.5) is 18.2 Å². The van der Waals surface area contributed by atoms with E-state index in [4.69, 9.17) is 0 Å². The number of carbonyl (C=O) groups excluding carboxylic acids is 1. The van der Waals surface area contributed by atoms with E-state index in [1.165, 1.54) is 12.3 Å². The van der Waals surface area contributed by atoms with Gasteiger partial charge in [0.05, 0.1) is 16.2 Å². The summed E-state index contributed by atoms with van der Waals surface area (Å²) in [6, 6.07) is 2.33. The lowest BCUT2D eigenvalue weighted by molar-refractivity contribution is -0.141. The second kappa shape index (κ2) is 5.78. The van der Waals surface area contributed by atoms with Gasteiger partial charge in [-0.15, -0.1) is 0 Å². The molecule has 4 nitrogen and oxygen atoms in total. The van der Waals surface area contributed by atoms with E-state index < -0.39 is 23.3 Å². The molecule has 0 saturated heterocycles. The van der Waals surface area contributed by atoms with E-state index in [1.807, 2.05) is 0 Å². The highest BCUT2D eigenvalue weighted by atomic mass is 79.9. The minimum atomic E-state index is -4.72. The van der Waals surface area contributed by atoms with Crippen molar-refractivity contribution in [2.24, 2.45) is 0 Å². The van der Waals surface area contributed by atoms with Crippen molar-refractivity contribution in [2.45, 2.75) is 6.18 Å². The molecule has 0 aromatic carbocycles. The third-order valence-corrected chi connectivity index (χ3v) is 4.15. The van der Waals surface area contributed by atoms with E-state index in [1.54, 1.807) is 0 Å². The summed E-state index contributed by atoms with van der Waals surface area (Å²) in [6.07, 6.45) is -3.29. The largest absolute Gasteiger partial charge is 0.434 e. The third-order valence-electron chi connectivity index (χ3n) is 2.13. The molecule has 0 saturated carbocycles. The minimum absolute atomic E-state index is 0.000320. The molecule has 2 rings (SSSR count). The Bertz CT molecular complexity index is 659. The van der Waals surface area contributed by atoms with Crippen molar-refractivity contribution in [3.63, 3.8) is 0 Å². The van der Waals surface area contributed by atoms with Gasteiger partial charge in [0.1, 0.15) is 9.60 Å². The van der Waals surface area contributed by atoms with Crippen LogP contribution in [0, 0.1) is 0 Å². The zero-order valence-corrected chi connectivity index (χ0v) is 13.3. The zero-order valence-electron chi connectivity index (χ0n) is 9.33. The van der Waals surface area contributed by atoms with Gasteiger partial charge in [-0.2, -0.15) is 17.5 Å². The van der Waals surface area contributed by atoms with Crippen LogP contribution in [0.25, 0.3) is 0 Å². The fourth-order valence-corrected chi connectivity index (χ4v) is 2.72. The molecule has 0 fully saturated rings. The quantitative estimate of drug-likeness (QED) is 0.721. The van der Waals surface area contributed by atoms with Crippen molar-refractivity contribution < 1.29 is 18.0 Å². The summed E-state index contributed by atoms with van der Waals surface area (Å²) in [7, 11) is 0. The molecule has 2 aromatic rings. The monoisotopic (exact) mass is 429 g/mol. The number of aromatic nitrogens is 2. The average molecular weight is 431 g/mol. The van der Waals surface area contributed by atoms with Gasteiger partial charge in [-0.1, -0.05) is 0 Å². The summed E-state index contributed by atoms with van der Waals surface area (Å²) in [5.74, 6) is -0.901. The Hall–Kier alpha value is -1.00. The van der Waals surface area contributed by atoms with Gasteiger partial charge in [0.25, 0.3) is 5.91 Å². The van der Waals surface area contributed by atoms with Crippen LogP contribution in [-0.4, -0.2) is 15.3 Å². The first kappa shape index (κ1) is 15.4. The van der Waals surface area contributed by atoms with Crippen LogP contribution in [0.3, 0.4) is 0 Å². The normalized spacial score (nSPS) is 11.4. The number of anilines is 1. The van der Waals surface area contributed by atoms with Crippen molar-refractivity contribution in [1.29, 1.82) is 0 Å². The van der Waals surface area contributed by atoms with Crippen LogP contribution in [0.1, 0.15) is 16.1 Å². The van der Waals surface area contributed by atoms with Gasteiger partial charge in [-0.05, 0) is 55.5 Å². The van der Waals surface area contributed by atoms with E-state index in [0.717, 1.165) is 17.6 Å². The van der Waals surface area contributed by atoms with Gasteiger partial charge in [0, 0.05) is 0 Å². The fraction of sp³-hybridized carbons (Fsp3) is 0.100. The maximum atomic E-state index is 12.9. The lowest BCUT2D eigenvalue weighted by atomic mass is 10.1. The van der Waals surface area contributed by atoms with E-state index in [-0.39, 0.29) is 4.60 Å². The van der Waals surface area contributed by atoms with Gasteiger partial charge in [-0.3, -0.25) is 4.79 Å². The van der Waals surface area contributed by atoms with Gasteiger partial charge < -0.3 is 5.32 Å². The van der Waals surface area contributed by atoms with Crippen molar-refractivity contribution in [3.05, 3.63) is 38.7 Å². The molecule has 0 aliphatic rings. The highest BCUT2D eigenvalue weighted by Crippen LogP contribution is 2.33. The highest BCUT2D eigenvalue weighted by Gasteiger charge is 2.37. The van der Waals surface area contributed by atoms with Crippen LogP contribution in [0.15, 0.2) is 27.4 Å². The summed E-state index contributed by atoms with van der Waals surface area (Å²) in [5, 5.41) is 2.68. The topological polar surface area (TPSA) is 54.9 Å². The molecular weight excluding hydrogens is 427 g/mol. The third kappa shape index (κ3) is 3.36. The molecule has 106 valence electrons. The molecule has 1 amide bonds. The molecule has 0 spiro atoms. The molecule has 0 aliphatic heterocycles. The smallest absolute Gasteiger partial charge is 0.311 e. The average Bonchev–Trinajstić information content (AvgIpc) is 2.73. The minimum Gasteiger partial charge on any atom is -0.311 e. The molecule has 0 radical (unpaired) electrons. The maximum Gasteiger partial charge on any atom is 0.434 e. The molecular formula is C10H4Br2F3N3OS. The summed E-state index contributed by atoms with van der Waals surface area (Å²) in [6.45, 7) is 0. The van der Waals surface area contributed by atoms with Crippen LogP contribution in [0.5, 0.6) is 0 Å². The number of nitrogens with zero attached hydrogens (tertiary/aromatic N) is 2. The Morgan fingerprint density at radius 3 is 2.55 bits per heavy atom.